The Hall–Kier alpha value is -5.06. The molecule has 0 aliphatic carbocycles. The van der Waals surface area contributed by atoms with Gasteiger partial charge in [0.2, 0.25) is 5.95 Å². The molecule has 0 aliphatic heterocycles. The third kappa shape index (κ3) is 6.79. The zero-order chi connectivity index (χ0) is 31.7. The van der Waals surface area contributed by atoms with Crippen molar-refractivity contribution >= 4 is 21.8 Å². The number of aryl methyl sites for hydroxylation is 2. The number of fused-ring (bicyclic) bond motifs is 3. The van der Waals surface area contributed by atoms with Gasteiger partial charge in [-0.05, 0) is 23.5 Å². The van der Waals surface area contributed by atoms with Crippen molar-refractivity contribution in [3.63, 3.8) is 0 Å². The SMILES string of the molecule is Cc1ccc(Oc2[c-]c3c(cc2)c2ccc(Oc4[c-]c(-c5ccccn5)c(C)cc4)[c-]c2n3-c2ncncn2)[c-]c1-c1ccccn1.[Pd+2].[Pt+2]. The second kappa shape index (κ2) is 14.6. The third-order valence-electron chi connectivity index (χ3n) is 7.75. The van der Waals surface area contributed by atoms with Gasteiger partial charge in [-0.1, -0.05) is 61.3 Å². The Morgan fingerprint density at radius 3 is 1.43 bits per heavy atom. The van der Waals surface area contributed by atoms with E-state index in [-0.39, 0.29) is 41.5 Å². The number of hydrogen-bond acceptors (Lipinski definition) is 7. The summed E-state index contributed by atoms with van der Waals surface area (Å²) in [5.41, 5.74) is 6.95. The van der Waals surface area contributed by atoms with Crippen LogP contribution in [0.4, 0.5) is 0 Å². The predicted octanol–water partition coefficient (Wildman–Crippen LogP) is 8.49. The van der Waals surface area contributed by atoms with Gasteiger partial charge in [0, 0.05) is 35.4 Å². The number of hydrogen-bond donors (Lipinski definition) is 0. The molecule has 0 amide bonds. The fraction of sp³-hybridized carbons (Fsp3) is 0.0513. The van der Waals surface area contributed by atoms with Gasteiger partial charge in [0.15, 0.2) is 0 Å². The summed E-state index contributed by atoms with van der Waals surface area (Å²) >= 11 is 0. The van der Waals surface area contributed by atoms with E-state index in [1.54, 1.807) is 12.4 Å². The molecule has 4 aromatic heterocycles. The molecule has 0 unspecified atom stereocenters. The first kappa shape index (κ1) is 33.8. The van der Waals surface area contributed by atoms with Crippen LogP contribution < -0.4 is 9.47 Å². The molecule has 0 N–H and O–H groups in total. The van der Waals surface area contributed by atoms with Crippen molar-refractivity contribution in [2.24, 2.45) is 0 Å². The molecule has 49 heavy (non-hydrogen) atoms. The molecule has 0 atom stereocenters. The van der Waals surface area contributed by atoms with Gasteiger partial charge in [-0.2, -0.15) is 22.9 Å². The second-order valence-corrected chi connectivity index (χ2v) is 10.8. The van der Waals surface area contributed by atoms with E-state index in [2.05, 4.69) is 49.2 Å². The van der Waals surface area contributed by atoms with Crippen molar-refractivity contribution in [1.29, 1.82) is 0 Å². The summed E-state index contributed by atoms with van der Waals surface area (Å²) in [6.07, 6.45) is 6.46. The van der Waals surface area contributed by atoms with Gasteiger partial charge in [0.25, 0.3) is 0 Å². The maximum absolute atomic E-state index is 6.30. The van der Waals surface area contributed by atoms with Crippen LogP contribution in [0.15, 0.2) is 110 Å². The van der Waals surface area contributed by atoms with Crippen LogP contribution in [0.2, 0.25) is 0 Å². The molecule has 8 nitrogen and oxygen atoms in total. The van der Waals surface area contributed by atoms with E-state index in [0.717, 1.165) is 44.4 Å². The molecule has 0 bridgehead atoms. The van der Waals surface area contributed by atoms with Gasteiger partial charge < -0.3 is 24.0 Å². The van der Waals surface area contributed by atoms with Crippen LogP contribution in [-0.4, -0.2) is 29.5 Å². The largest absolute Gasteiger partial charge is 2.00 e. The van der Waals surface area contributed by atoms with Crippen molar-refractivity contribution in [1.82, 2.24) is 29.5 Å². The van der Waals surface area contributed by atoms with E-state index in [4.69, 9.17) is 9.47 Å². The smallest absolute Gasteiger partial charge is 0.503 e. The summed E-state index contributed by atoms with van der Waals surface area (Å²) < 4.78 is 14.5. The maximum Gasteiger partial charge on any atom is 2.00 e. The molecule has 0 radical (unpaired) electrons. The zero-order valence-corrected chi connectivity index (χ0v) is 29.9. The molecule has 0 aliphatic rings. The standard InChI is InChI=1S/C39H24N6O2.Pd.Pt/c1-25-9-11-27(19-33(25)35-7-3-5-17-41-35)46-29-13-15-31-32-16-14-30(22-38(32)45(37(31)21-29)39-43-23-40-24-44-39)47-28-12-10-26(2)34(20-28)36-8-4-6-18-42-36;;/h3-18,23-24H,1-2H3;;/q-4;2*+2. The molecule has 10 heteroatoms. The number of nitrogens with zero attached hydrogens (tertiary/aromatic N) is 6. The molecule has 0 saturated carbocycles. The Kier molecular flexibility index (Phi) is 10.1. The quantitative estimate of drug-likeness (QED) is 0.117. The van der Waals surface area contributed by atoms with Crippen LogP contribution >= 0.6 is 0 Å². The topological polar surface area (TPSA) is 87.8 Å². The summed E-state index contributed by atoms with van der Waals surface area (Å²) in [6.45, 7) is 4.06. The number of benzene rings is 4. The van der Waals surface area contributed by atoms with Crippen LogP contribution in [0.3, 0.4) is 0 Å². The number of pyridine rings is 2. The van der Waals surface area contributed by atoms with Crippen molar-refractivity contribution in [2.45, 2.75) is 13.8 Å². The molecular weight excluding hydrogens is 886 g/mol. The number of ether oxygens (including phenoxy) is 2. The van der Waals surface area contributed by atoms with E-state index in [1.165, 1.54) is 12.7 Å². The number of rotatable bonds is 7. The average Bonchev–Trinajstić information content (AvgIpc) is 3.44. The molecule has 4 aromatic carbocycles. The van der Waals surface area contributed by atoms with Gasteiger partial charge >= 0.3 is 41.5 Å². The molecular formula is C39H24N6O2PdPt. The van der Waals surface area contributed by atoms with Crippen LogP contribution in [0.25, 0.3) is 50.3 Å². The Balaban J connectivity index is 0.00000208. The molecule has 0 fully saturated rings. The summed E-state index contributed by atoms with van der Waals surface area (Å²) in [5, 5.41) is 1.86. The maximum atomic E-state index is 6.30. The molecule has 8 aromatic rings. The van der Waals surface area contributed by atoms with E-state index < -0.39 is 0 Å². The van der Waals surface area contributed by atoms with Gasteiger partial charge in [-0.3, -0.25) is 0 Å². The van der Waals surface area contributed by atoms with Crippen LogP contribution in [0, 0.1) is 38.1 Å². The van der Waals surface area contributed by atoms with Gasteiger partial charge in [-0.25, -0.2) is 15.0 Å². The fourth-order valence-electron chi connectivity index (χ4n) is 5.50. The first-order valence-electron chi connectivity index (χ1n) is 14.9. The molecule has 0 saturated heterocycles. The zero-order valence-electron chi connectivity index (χ0n) is 26.0. The minimum atomic E-state index is 0. The van der Waals surface area contributed by atoms with E-state index >= 15 is 0 Å². The molecule has 0 spiro atoms. The van der Waals surface area contributed by atoms with Crippen molar-refractivity contribution in [3.8, 4) is 51.5 Å². The normalized spacial score (nSPS) is 10.7. The van der Waals surface area contributed by atoms with Crippen molar-refractivity contribution in [3.05, 3.63) is 145 Å². The van der Waals surface area contributed by atoms with Gasteiger partial charge in [0.1, 0.15) is 12.7 Å². The van der Waals surface area contributed by atoms with E-state index in [1.807, 2.05) is 103 Å². The van der Waals surface area contributed by atoms with E-state index in [9.17, 15) is 0 Å². The van der Waals surface area contributed by atoms with Crippen molar-refractivity contribution < 1.29 is 51.0 Å². The van der Waals surface area contributed by atoms with Gasteiger partial charge in [0.05, 0.1) is 0 Å². The van der Waals surface area contributed by atoms with Crippen LogP contribution in [0.1, 0.15) is 11.1 Å². The fourth-order valence-corrected chi connectivity index (χ4v) is 5.50. The Bertz CT molecular complexity index is 2240. The first-order valence-corrected chi connectivity index (χ1v) is 14.9. The summed E-state index contributed by atoms with van der Waals surface area (Å²) in [7, 11) is 0. The average molecular weight is 910 g/mol. The Morgan fingerprint density at radius 2 is 0.980 bits per heavy atom. The van der Waals surface area contributed by atoms with Crippen LogP contribution in [0.5, 0.6) is 23.0 Å². The third-order valence-corrected chi connectivity index (χ3v) is 7.75. The monoisotopic (exact) mass is 909 g/mol. The second-order valence-electron chi connectivity index (χ2n) is 10.8. The van der Waals surface area contributed by atoms with Crippen molar-refractivity contribution in [2.75, 3.05) is 0 Å². The Morgan fingerprint density at radius 1 is 0.531 bits per heavy atom. The molecule has 4 heterocycles. The summed E-state index contributed by atoms with van der Waals surface area (Å²) in [4.78, 5) is 21.9. The minimum absolute atomic E-state index is 0. The van der Waals surface area contributed by atoms with Crippen LogP contribution in [-0.2, 0) is 41.5 Å². The molecule has 8 rings (SSSR count). The van der Waals surface area contributed by atoms with Gasteiger partial charge in [-0.15, -0.1) is 70.8 Å². The minimum Gasteiger partial charge on any atom is -0.503 e. The number of aromatic nitrogens is 6. The predicted molar refractivity (Wildman–Crippen MR) is 178 cm³/mol. The Labute approximate surface area is 311 Å². The first-order chi connectivity index (χ1) is 23.1. The van der Waals surface area contributed by atoms with E-state index in [0.29, 0.717) is 40.0 Å². The summed E-state index contributed by atoms with van der Waals surface area (Å²) in [5.74, 6) is 2.54. The molecule has 242 valence electrons. The summed E-state index contributed by atoms with van der Waals surface area (Å²) in [6, 6.07) is 40.8.